The van der Waals surface area contributed by atoms with Gasteiger partial charge in [-0.05, 0) is 12.1 Å². The fourth-order valence-electron chi connectivity index (χ4n) is 1.54. The van der Waals surface area contributed by atoms with Crippen molar-refractivity contribution in [1.82, 2.24) is 9.78 Å². The van der Waals surface area contributed by atoms with Gasteiger partial charge >= 0.3 is 0 Å². The molecule has 2 aromatic rings. The number of nitrogens with zero attached hydrogens (tertiary/aromatic N) is 2. The number of benzene rings is 1. The third-order valence-electron chi connectivity index (χ3n) is 2.49. The van der Waals surface area contributed by atoms with E-state index in [2.05, 4.69) is 5.10 Å². The predicted octanol–water partition coefficient (Wildman–Crippen LogP) is 1.27. The second-order valence-electron chi connectivity index (χ2n) is 3.81. The fraction of sp³-hybridized carbons (Fsp3) is 0.154. The van der Waals surface area contributed by atoms with Crippen molar-refractivity contribution in [2.45, 2.75) is 6.54 Å². The molecule has 2 rings (SSSR count). The smallest absolute Gasteiger partial charge is 0.267 e. The summed E-state index contributed by atoms with van der Waals surface area (Å²) >= 11 is 0. The molecule has 0 aliphatic heterocycles. The highest BCUT2D eigenvalue weighted by molar-refractivity contribution is 5.95. The Balaban J connectivity index is 2.26. The summed E-state index contributed by atoms with van der Waals surface area (Å²) in [6.45, 7) is -0.264. The van der Waals surface area contributed by atoms with E-state index < -0.39 is 17.2 Å². The first-order valence-electron chi connectivity index (χ1n) is 5.51. The van der Waals surface area contributed by atoms with Crippen LogP contribution in [0.15, 0.2) is 41.2 Å². The number of carbonyl (C=O) groups is 1. The molecule has 0 spiro atoms. The zero-order chi connectivity index (χ0) is 13.8. The summed E-state index contributed by atoms with van der Waals surface area (Å²) in [4.78, 5) is 23.5. The minimum atomic E-state index is -0.503. The molecular formula is C13H11FN2O3. The van der Waals surface area contributed by atoms with Gasteiger partial charge in [-0.3, -0.25) is 9.59 Å². The van der Waals surface area contributed by atoms with Crippen LogP contribution in [0.5, 0.6) is 5.88 Å². The zero-order valence-corrected chi connectivity index (χ0v) is 10.2. The van der Waals surface area contributed by atoms with Crippen LogP contribution in [0.4, 0.5) is 4.39 Å². The molecule has 98 valence electrons. The van der Waals surface area contributed by atoms with E-state index in [1.54, 1.807) is 0 Å². The Morgan fingerprint density at radius 1 is 1.37 bits per heavy atom. The van der Waals surface area contributed by atoms with E-state index in [0.717, 1.165) is 10.7 Å². The third-order valence-corrected chi connectivity index (χ3v) is 2.49. The molecule has 0 bridgehead atoms. The second kappa shape index (κ2) is 5.43. The molecular weight excluding hydrogens is 251 g/mol. The van der Waals surface area contributed by atoms with Crippen molar-refractivity contribution in [3.63, 3.8) is 0 Å². The number of ketones is 1. The maximum Gasteiger partial charge on any atom is 0.267 e. The lowest BCUT2D eigenvalue weighted by Crippen LogP contribution is -2.26. The number of Topliss-reactive ketones (excluding diaryl/α,β-unsaturated/α-hetero) is 1. The van der Waals surface area contributed by atoms with Crippen LogP contribution in [-0.4, -0.2) is 22.7 Å². The van der Waals surface area contributed by atoms with E-state index in [1.165, 1.54) is 37.4 Å². The number of aromatic nitrogens is 2. The van der Waals surface area contributed by atoms with Crippen molar-refractivity contribution in [2.24, 2.45) is 0 Å². The largest absolute Gasteiger partial charge is 0.480 e. The SMILES string of the molecule is COc1ccc(=O)n(CC(=O)c2cccc(F)c2)n1. The summed E-state index contributed by atoms with van der Waals surface area (Å²) in [5.74, 6) is -0.675. The minimum absolute atomic E-state index is 0.191. The minimum Gasteiger partial charge on any atom is -0.480 e. The quantitative estimate of drug-likeness (QED) is 0.778. The second-order valence-corrected chi connectivity index (χ2v) is 3.81. The molecule has 1 aromatic heterocycles. The van der Waals surface area contributed by atoms with Gasteiger partial charge in [0, 0.05) is 17.7 Å². The average molecular weight is 262 g/mol. The third kappa shape index (κ3) is 3.04. The molecule has 6 heteroatoms. The van der Waals surface area contributed by atoms with Gasteiger partial charge in [-0.1, -0.05) is 12.1 Å². The Hall–Kier alpha value is -2.50. The Labute approximate surface area is 108 Å². The predicted molar refractivity (Wildman–Crippen MR) is 65.8 cm³/mol. The Morgan fingerprint density at radius 3 is 2.84 bits per heavy atom. The molecule has 0 radical (unpaired) electrons. The van der Waals surface area contributed by atoms with Crippen LogP contribution >= 0.6 is 0 Å². The van der Waals surface area contributed by atoms with Gasteiger partial charge in [-0.15, -0.1) is 5.10 Å². The molecule has 1 aromatic carbocycles. The number of halogens is 1. The molecule has 1 heterocycles. The number of methoxy groups -OCH3 is 1. The van der Waals surface area contributed by atoms with Gasteiger partial charge in [0.2, 0.25) is 5.88 Å². The van der Waals surface area contributed by atoms with Gasteiger partial charge in [0.25, 0.3) is 5.56 Å². The molecule has 0 saturated carbocycles. The molecule has 0 saturated heterocycles. The number of rotatable bonds is 4. The van der Waals surface area contributed by atoms with Gasteiger partial charge < -0.3 is 4.74 Å². The Morgan fingerprint density at radius 2 is 2.16 bits per heavy atom. The van der Waals surface area contributed by atoms with Gasteiger partial charge in [0.1, 0.15) is 12.4 Å². The highest BCUT2D eigenvalue weighted by atomic mass is 19.1. The van der Waals surface area contributed by atoms with Crippen molar-refractivity contribution in [2.75, 3.05) is 7.11 Å². The number of hydrogen-bond acceptors (Lipinski definition) is 4. The maximum atomic E-state index is 13.0. The molecule has 0 fully saturated rings. The molecule has 0 N–H and O–H groups in total. The van der Waals surface area contributed by atoms with E-state index in [-0.39, 0.29) is 18.0 Å². The number of carbonyl (C=O) groups excluding carboxylic acids is 1. The summed E-state index contributed by atoms with van der Waals surface area (Å²) in [7, 11) is 1.41. The van der Waals surface area contributed by atoms with Gasteiger partial charge in [-0.2, -0.15) is 0 Å². The standard InChI is InChI=1S/C13H11FN2O3/c1-19-12-5-6-13(18)16(15-12)8-11(17)9-3-2-4-10(14)7-9/h2-7H,8H2,1H3. The van der Waals surface area contributed by atoms with Crippen molar-refractivity contribution in [1.29, 1.82) is 0 Å². The van der Waals surface area contributed by atoms with Crippen LogP contribution < -0.4 is 10.3 Å². The first kappa shape index (κ1) is 12.9. The lowest BCUT2D eigenvalue weighted by molar-refractivity contribution is 0.0964. The van der Waals surface area contributed by atoms with E-state index in [0.29, 0.717) is 0 Å². The van der Waals surface area contributed by atoms with Crippen LogP contribution in [0.2, 0.25) is 0 Å². The van der Waals surface area contributed by atoms with Crippen LogP contribution in [0.3, 0.4) is 0 Å². The molecule has 0 unspecified atom stereocenters. The Bertz CT molecular complexity index is 667. The van der Waals surface area contributed by atoms with E-state index >= 15 is 0 Å². The first-order chi connectivity index (χ1) is 9.10. The molecule has 0 aliphatic carbocycles. The molecule has 5 nitrogen and oxygen atoms in total. The fourth-order valence-corrected chi connectivity index (χ4v) is 1.54. The molecule has 0 atom stereocenters. The lowest BCUT2D eigenvalue weighted by atomic mass is 10.1. The molecule has 0 amide bonds. The van der Waals surface area contributed by atoms with Crippen LogP contribution in [0, 0.1) is 5.82 Å². The van der Waals surface area contributed by atoms with E-state index in [4.69, 9.17) is 4.74 Å². The summed E-state index contributed by atoms with van der Waals surface area (Å²) in [5, 5.41) is 3.85. The number of ether oxygens (including phenoxy) is 1. The van der Waals surface area contributed by atoms with Crippen LogP contribution in [0.1, 0.15) is 10.4 Å². The topological polar surface area (TPSA) is 61.2 Å². The highest BCUT2D eigenvalue weighted by Crippen LogP contribution is 2.06. The highest BCUT2D eigenvalue weighted by Gasteiger charge is 2.10. The van der Waals surface area contributed by atoms with E-state index in [1.807, 2.05) is 0 Å². The normalized spacial score (nSPS) is 10.2. The van der Waals surface area contributed by atoms with Crippen molar-refractivity contribution in [3.8, 4) is 5.88 Å². The molecule has 0 aliphatic rings. The first-order valence-corrected chi connectivity index (χ1v) is 5.51. The van der Waals surface area contributed by atoms with Crippen LogP contribution in [-0.2, 0) is 6.54 Å². The van der Waals surface area contributed by atoms with Crippen LogP contribution in [0.25, 0.3) is 0 Å². The maximum absolute atomic E-state index is 13.0. The summed E-state index contributed by atoms with van der Waals surface area (Å²) in [5.41, 5.74) is -0.234. The van der Waals surface area contributed by atoms with E-state index in [9.17, 15) is 14.0 Å². The number of hydrogen-bond donors (Lipinski definition) is 0. The Kier molecular flexibility index (Phi) is 3.70. The zero-order valence-electron chi connectivity index (χ0n) is 10.2. The molecule has 19 heavy (non-hydrogen) atoms. The van der Waals surface area contributed by atoms with Crippen molar-refractivity contribution >= 4 is 5.78 Å². The summed E-state index contributed by atoms with van der Waals surface area (Å²) in [6, 6.07) is 7.94. The summed E-state index contributed by atoms with van der Waals surface area (Å²) in [6.07, 6.45) is 0. The van der Waals surface area contributed by atoms with Crippen molar-refractivity contribution < 1.29 is 13.9 Å². The van der Waals surface area contributed by atoms with Crippen molar-refractivity contribution in [3.05, 3.63) is 58.1 Å². The van der Waals surface area contributed by atoms with Gasteiger partial charge in [0.15, 0.2) is 5.78 Å². The van der Waals surface area contributed by atoms with Gasteiger partial charge in [0.05, 0.1) is 7.11 Å². The van der Waals surface area contributed by atoms with Gasteiger partial charge in [-0.25, -0.2) is 9.07 Å². The summed E-state index contributed by atoms with van der Waals surface area (Å²) < 4.78 is 18.9. The monoisotopic (exact) mass is 262 g/mol. The lowest BCUT2D eigenvalue weighted by Gasteiger charge is -2.05. The average Bonchev–Trinajstić information content (AvgIpc) is 2.41.